The molecule has 1 aliphatic rings. The van der Waals surface area contributed by atoms with Crippen LogP contribution in [0.1, 0.15) is 37.9 Å². The monoisotopic (exact) mass is 397 g/mol. The second-order valence-electron chi connectivity index (χ2n) is 7.30. The summed E-state index contributed by atoms with van der Waals surface area (Å²) in [5, 5.41) is 3.79. The van der Waals surface area contributed by atoms with Crippen molar-refractivity contribution in [2.75, 3.05) is 0 Å². The van der Waals surface area contributed by atoms with Crippen LogP contribution in [-0.2, 0) is 21.2 Å². The van der Waals surface area contributed by atoms with Gasteiger partial charge in [-0.3, -0.25) is 4.79 Å². The van der Waals surface area contributed by atoms with Gasteiger partial charge in [0, 0.05) is 5.39 Å². The van der Waals surface area contributed by atoms with E-state index in [1.165, 1.54) is 0 Å². The van der Waals surface area contributed by atoms with Crippen LogP contribution >= 0.6 is 0 Å². The molecule has 3 aromatic rings. The third kappa shape index (κ3) is 3.22. The minimum absolute atomic E-state index is 0.166. The Bertz CT molecular complexity index is 1050. The van der Waals surface area contributed by atoms with E-state index in [1.807, 2.05) is 30.3 Å². The highest BCUT2D eigenvalue weighted by molar-refractivity contribution is 7.93. The standard InChI is InChI=1S/C22H23NO4S/c24-21(23-16-18-15-17-9-5-6-12-20(17)27-18)22(13-7-2-8-14-22)28(25,26)19-10-3-1-4-11-19/h1,3-6,9-12,15H,2,7-8,13-14,16H2,(H,23,24). The van der Waals surface area contributed by atoms with Crippen molar-refractivity contribution in [3.05, 3.63) is 66.4 Å². The normalized spacial score (nSPS) is 16.7. The van der Waals surface area contributed by atoms with Crippen LogP contribution in [0.15, 0.2) is 70.0 Å². The van der Waals surface area contributed by atoms with E-state index in [0.29, 0.717) is 18.6 Å². The molecule has 0 atom stereocenters. The van der Waals surface area contributed by atoms with Crippen LogP contribution in [0.25, 0.3) is 11.0 Å². The van der Waals surface area contributed by atoms with Crippen LogP contribution < -0.4 is 5.32 Å². The molecule has 2 aromatic carbocycles. The number of carbonyl (C=O) groups excluding carboxylic acids is 1. The zero-order chi connectivity index (χ0) is 19.6. The molecule has 1 saturated carbocycles. The Labute approximate surface area is 164 Å². The average Bonchev–Trinajstić information content (AvgIpc) is 3.16. The number of hydrogen-bond donors (Lipinski definition) is 1. The number of sulfone groups is 1. The van der Waals surface area contributed by atoms with E-state index in [9.17, 15) is 13.2 Å². The van der Waals surface area contributed by atoms with E-state index in [4.69, 9.17) is 4.42 Å². The lowest BCUT2D eigenvalue weighted by atomic mass is 9.87. The van der Waals surface area contributed by atoms with E-state index in [1.54, 1.807) is 30.3 Å². The van der Waals surface area contributed by atoms with Crippen LogP contribution in [-0.4, -0.2) is 19.1 Å². The molecular formula is C22H23NO4S. The highest BCUT2D eigenvalue weighted by Gasteiger charge is 2.51. The minimum Gasteiger partial charge on any atom is -0.459 e. The van der Waals surface area contributed by atoms with Gasteiger partial charge >= 0.3 is 0 Å². The molecule has 28 heavy (non-hydrogen) atoms. The molecule has 5 nitrogen and oxygen atoms in total. The van der Waals surface area contributed by atoms with Gasteiger partial charge in [-0.05, 0) is 37.1 Å². The number of fused-ring (bicyclic) bond motifs is 1. The number of hydrogen-bond acceptors (Lipinski definition) is 4. The Morgan fingerprint density at radius 3 is 2.36 bits per heavy atom. The first-order chi connectivity index (χ1) is 13.5. The maximum Gasteiger partial charge on any atom is 0.242 e. The lowest BCUT2D eigenvalue weighted by Crippen LogP contribution is -2.53. The van der Waals surface area contributed by atoms with E-state index in [0.717, 1.165) is 30.2 Å². The van der Waals surface area contributed by atoms with Crippen LogP contribution in [0.2, 0.25) is 0 Å². The van der Waals surface area contributed by atoms with E-state index >= 15 is 0 Å². The van der Waals surface area contributed by atoms with Gasteiger partial charge < -0.3 is 9.73 Å². The smallest absolute Gasteiger partial charge is 0.242 e. The number of amides is 1. The molecule has 1 heterocycles. The Morgan fingerprint density at radius 2 is 1.64 bits per heavy atom. The summed E-state index contributed by atoms with van der Waals surface area (Å²) in [4.78, 5) is 13.4. The first kappa shape index (κ1) is 18.7. The topological polar surface area (TPSA) is 76.4 Å². The fourth-order valence-electron chi connectivity index (χ4n) is 4.02. The summed E-state index contributed by atoms with van der Waals surface area (Å²) in [6.07, 6.45) is 3.09. The van der Waals surface area contributed by atoms with Crippen LogP contribution in [0, 0.1) is 0 Å². The zero-order valence-corrected chi connectivity index (χ0v) is 16.4. The summed E-state index contributed by atoms with van der Waals surface area (Å²) in [5.74, 6) is 0.175. The van der Waals surface area contributed by atoms with Crippen molar-refractivity contribution < 1.29 is 17.6 Å². The van der Waals surface area contributed by atoms with Gasteiger partial charge in [-0.15, -0.1) is 0 Å². The van der Waals surface area contributed by atoms with Crippen molar-refractivity contribution in [3.8, 4) is 0 Å². The second kappa shape index (κ2) is 7.43. The predicted molar refractivity (Wildman–Crippen MR) is 108 cm³/mol. The average molecular weight is 397 g/mol. The van der Waals surface area contributed by atoms with Gasteiger partial charge in [-0.2, -0.15) is 0 Å². The second-order valence-corrected chi connectivity index (χ2v) is 9.56. The lowest BCUT2D eigenvalue weighted by Gasteiger charge is -2.35. The molecule has 1 fully saturated rings. The molecule has 1 aliphatic carbocycles. The molecule has 1 aromatic heterocycles. The number of carbonyl (C=O) groups is 1. The summed E-state index contributed by atoms with van der Waals surface area (Å²) >= 11 is 0. The Balaban J connectivity index is 1.61. The van der Waals surface area contributed by atoms with Crippen molar-refractivity contribution in [2.24, 2.45) is 0 Å². The first-order valence-corrected chi connectivity index (χ1v) is 11.1. The van der Waals surface area contributed by atoms with Gasteiger partial charge in [-0.1, -0.05) is 55.7 Å². The van der Waals surface area contributed by atoms with Gasteiger partial charge in [0.2, 0.25) is 5.91 Å². The molecule has 0 radical (unpaired) electrons. The van der Waals surface area contributed by atoms with Gasteiger partial charge in [0.25, 0.3) is 0 Å². The van der Waals surface area contributed by atoms with Gasteiger partial charge in [0.1, 0.15) is 11.3 Å². The minimum atomic E-state index is -3.79. The number of para-hydroxylation sites is 1. The fourth-order valence-corrected chi connectivity index (χ4v) is 6.13. The number of rotatable bonds is 5. The van der Waals surface area contributed by atoms with Crippen LogP contribution in [0.4, 0.5) is 0 Å². The van der Waals surface area contributed by atoms with E-state index in [2.05, 4.69) is 5.32 Å². The molecule has 0 bridgehead atoms. The summed E-state index contributed by atoms with van der Waals surface area (Å²) in [7, 11) is -3.79. The van der Waals surface area contributed by atoms with Gasteiger partial charge in [0.15, 0.2) is 14.6 Å². The lowest BCUT2D eigenvalue weighted by molar-refractivity contribution is -0.124. The molecule has 1 N–H and O–H groups in total. The summed E-state index contributed by atoms with van der Waals surface area (Å²) in [6.45, 7) is 0.166. The fraction of sp³-hybridized carbons (Fsp3) is 0.318. The number of benzene rings is 2. The third-order valence-electron chi connectivity index (χ3n) is 5.54. The molecule has 6 heteroatoms. The Morgan fingerprint density at radius 1 is 0.964 bits per heavy atom. The first-order valence-electron chi connectivity index (χ1n) is 9.58. The van der Waals surface area contributed by atoms with Crippen molar-refractivity contribution >= 4 is 26.7 Å². The SMILES string of the molecule is O=C(NCc1cc2ccccc2o1)C1(S(=O)(=O)c2ccccc2)CCCCC1. The van der Waals surface area contributed by atoms with Gasteiger partial charge in [-0.25, -0.2) is 8.42 Å². The maximum absolute atomic E-state index is 13.4. The van der Waals surface area contributed by atoms with Crippen molar-refractivity contribution in [1.29, 1.82) is 0 Å². The van der Waals surface area contributed by atoms with Crippen LogP contribution in [0.3, 0.4) is 0 Å². The summed E-state index contributed by atoms with van der Waals surface area (Å²) in [6, 6.07) is 17.8. The summed E-state index contributed by atoms with van der Waals surface area (Å²) < 4.78 is 31.2. The van der Waals surface area contributed by atoms with E-state index in [-0.39, 0.29) is 11.4 Å². The van der Waals surface area contributed by atoms with Crippen molar-refractivity contribution in [2.45, 2.75) is 48.3 Å². The predicted octanol–water partition coefficient (Wildman–Crippen LogP) is 4.23. The largest absolute Gasteiger partial charge is 0.459 e. The molecule has 0 spiro atoms. The third-order valence-corrected chi connectivity index (χ3v) is 8.06. The number of furan rings is 1. The maximum atomic E-state index is 13.4. The quantitative estimate of drug-likeness (QED) is 0.699. The number of nitrogens with one attached hydrogen (secondary N) is 1. The summed E-state index contributed by atoms with van der Waals surface area (Å²) in [5.41, 5.74) is 0.746. The molecule has 146 valence electrons. The molecule has 4 rings (SSSR count). The molecule has 0 unspecified atom stereocenters. The molecule has 0 saturated heterocycles. The van der Waals surface area contributed by atoms with Crippen molar-refractivity contribution in [3.63, 3.8) is 0 Å². The molecule has 1 amide bonds. The Kier molecular flexibility index (Phi) is 4.98. The Hall–Kier alpha value is -2.60. The highest BCUT2D eigenvalue weighted by atomic mass is 32.2. The van der Waals surface area contributed by atoms with Crippen molar-refractivity contribution in [1.82, 2.24) is 5.32 Å². The highest BCUT2D eigenvalue weighted by Crippen LogP contribution is 2.39. The van der Waals surface area contributed by atoms with Crippen LogP contribution in [0.5, 0.6) is 0 Å². The molecule has 0 aliphatic heterocycles. The molecular weight excluding hydrogens is 374 g/mol. The van der Waals surface area contributed by atoms with E-state index < -0.39 is 20.5 Å². The zero-order valence-electron chi connectivity index (χ0n) is 15.6. The van der Waals surface area contributed by atoms with Gasteiger partial charge in [0.05, 0.1) is 11.4 Å².